The summed E-state index contributed by atoms with van der Waals surface area (Å²) in [5.41, 5.74) is 1.24. The molecule has 0 atom stereocenters. The van der Waals surface area contributed by atoms with Gasteiger partial charge < -0.3 is 19.9 Å². The molecule has 1 aromatic carbocycles. The van der Waals surface area contributed by atoms with Crippen LogP contribution in [0.2, 0.25) is 5.02 Å². The third-order valence-electron chi connectivity index (χ3n) is 5.36. The summed E-state index contributed by atoms with van der Waals surface area (Å²) in [4.78, 5) is 4.37. The number of aliphatic imine (C=N–C) groups is 1. The van der Waals surface area contributed by atoms with E-state index in [1.165, 1.54) is 5.56 Å². The Bertz CT molecular complexity index is 791. The molecular formula is C20H30ClIN6O. The Balaban J connectivity index is 0.00000300. The molecular weight excluding hydrogens is 503 g/mol. The number of nitrogens with zero attached hydrogens (tertiary/aromatic N) is 4. The number of guanidine groups is 1. The first-order valence-corrected chi connectivity index (χ1v) is 10.2. The summed E-state index contributed by atoms with van der Waals surface area (Å²) in [6.07, 6.45) is 4.56. The van der Waals surface area contributed by atoms with Gasteiger partial charge in [0.25, 0.3) is 0 Å². The van der Waals surface area contributed by atoms with Crippen LogP contribution in [0.3, 0.4) is 0 Å². The largest absolute Gasteiger partial charge is 0.381 e. The van der Waals surface area contributed by atoms with E-state index in [0.717, 1.165) is 68.9 Å². The standard InChI is InChI=1S/C20H29ClN6O.HI/c1-3-18-26-25-15-27(18)10-9-23-19(22-2)24-14-20(7-11-28-12-8-20)16-5-4-6-17(21)13-16;/h4-6,13,15H,3,7-12,14H2,1-2H3,(H2,22,23,24);1H. The third-order valence-corrected chi connectivity index (χ3v) is 5.60. The molecule has 0 saturated carbocycles. The van der Waals surface area contributed by atoms with E-state index in [9.17, 15) is 0 Å². The quantitative estimate of drug-likeness (QED) is 0.326. The van der Waals surface area contributed by atoms with Gasteiger partial charge in [-0.05, 0) is 30.5 Å². The van der Waals surface area contributed by atoms with Gasteiger partial charge in [-0.1, -0.05) is 30.7 Å². The minimum absolute atomic E-state index is 0. The lowest BCUT2D eigenvalue weighted by molar-refractivity contribution is 0.0514. The highest BCUT2D eigenvalue weighted by atomic mass is 127. The molecule has 1 aliphatic rings. The number of nitrogens with one attached hydrogen (secondary N) is 2. The highest BCUT2D eigenvalue weighted by Crippen LogP contribution is 2.35. The average molecular weight is 533 g/mol. The number of benzene rings is 1. The number of halogens is 2. The highest BCUT2D eigenvalue weighted by Gasteiger charge is 2.34. The topological polar surface area (TPSA) is 76.4 Å². The Labute approximate surface area is 194 Å². The molecule has 29 heavy (non-hydrogen) atoms. The molecule has 160 valence electrons. The molecule has 2 N–H and O–H groups in total. The Morgan fingerprint density at radius 3 is 2.79 bits per heavy atom. The predicted molar refractivity (Wildman–Crippen MR) is 127 cm³/mol. The lowest BCUT2D eigenvalue weighted by atomic mass is 9.74. The molecule has 1 saturated heterocycles. The van der Waals surface area contributed by atoms with Gasteiger partial charge in [-0.25, -0.2) is 0 Å². The molecule has 7 nitrogen and oxygen atoms in total. The molecule has 9 heteroatoms. The van der Waals surface area contributed by atoms with Crippen LogP contribution >= 0.6 is 35.6 Å². The van der Waals surface area contributed by atoms with Crippen LogP contribution in [0.5, 0.6) is 0 Å². The maximum absolute atomic E-state index is 6.26. The minimum Gasteiger partial charge on any atom is -0.381 e. The number of ether oxygens (including phenoxy) is 1. The molecule has 0 aliphatic carbocycles. The normalized spacial score (nSPS) is 16.2. The van der Waals surface area contributed by atoms with E-state index in [2.05, 4.69) is 49.4 Å². The molecule has 1 aromatic heterocycles. The number of hydrogen-bond donors (Lipinski definition) is 2. The molecule has 2 aromatic rings. The van der Waals surface area contributed by atoms with E-state index in [1.54, 1.807) is 13.4 Å². The number of hydrogen-bond acceptors (Lipinski definition) is 4. The summed E-state index contributed by atoms with van der Waals surface area (Å²) in [7, 11) is 1.79. The van der Waals surface area contributed by atoms with Gasteiger partial charge in [-0.3, -0.25) is 4.99 Å². The smallest absolute Gasteiger partial charge is 0.191 e. The van der Waals surface area contributed by atoms with Gasteiger partial charge in [0.05, 0.1) is 0 Å². The fourth-order valence-corrected chi connectivity index (χ4v) is 3.85. The van der Waals surface area contributed by atoms with Crippen LogP contribution < -0.4 is 10.6 Å². The zero-order valence-corrected chi connectivity index (χ0v) is 20.1. The SMILES string of the molecule is CCc1nncn1CCNC(=NC)NCC1(c2cccc(Cl)c2)CCOCC1.I. The summed E-state index contributed by atoms with van der Waals surface area (Å²) in [6, 6.07) is 8.17. The first-order valence-electron chi connectivity index (χ1n) is 9.82. The fourth-order valence-electron chi connectivity index (χ4n) is 3.66. The summed E-state index contributed by atoms with van der Waals surface area (Å²) in [6.45, 7) is 5.92. The summed E-state index contributed by atoms with van der Waals surface area (Å²) in [5, 5.41) is 15.8. The molecule has 3 rings (SSSR count). The molecule has 1 fully saturated rings. The van der Waals surface area contributed by atoms with Crippen LogP contribution in [0.1, 0.15) is 31.2 Å². The van der Waals surface area contributed by atoms with Gasteiger partial charge in [-0.15, -0.1) is 34.2 Å². The summed E-state index contributed by atoms with van der Waals surface area (Å²) in [5.74, 6) is 1.78. The molecule has 1 aliphatic heterocycles. The lowest BCUT2D eigenvalue weighted by Crippen LogP contribution is -2.48. The van der Waals surface area contributed by atoms with Crippen molar-refractivity contribution in [2.24, 2.45) is 4.99 Å². The fraction of sp³-hybridized carbons (Fsp3) is 0.550. The van der Waals surface area contributed by atoms with Crippen molar-refractivity contribution in [1.29, 1.82) is 0 Å². The Hall–Kier alpha value is -1.39. The predicted octanol–water partition coefficient (Wildman–Crippen LogP) is 3.03. The van der Waals surface area contributed by atoms with Gasteiger partial charge in [0.2, 0.25) is 0 Å². The lowest BCUT2D eigenvalue weighted by Gasteiger charge is -2.38. The van der Waals surface area contributed by atoms with Crippen LogP contribution in [0.4, 0.5) is 0 Å². The summed E-state index contributed by atoms with van der Waals surface area (Å²) < 4.78 is 7.68. The van der Waals surface area contributed by atoms with Crippen LogP contribution in [-0.2, 0) is 23.1 Å². The van der Waals surface area contributed by atoms with Crippen molar-refractivity contribution >= 4 is 41.5 Å². The zero-order valence-electron chi connectivity index (χ0n) is 17.0. The van der Waals surface area contributed by atoms with E-state index in [-0.39, 0.29) is 29.4 Å². The summed E-state index contributed by atoms with van der Waals surface area (Å²) >= 11 is 6.26. The van der Waals surface area contributed by atoms with E-state index in [1.807, 2.05) is 12.1 Å². The second-order valence-corrected chi connectivity index (χ2v) is 7.49. The Morgan fingerprint density at radius 1 is 1.31 bits per heavy atom. The molecule has 0 spiro atoms. The molecule has 0 bridgehead atoms. The first-order chi connectivity index (χ1) is 13.7. The highest BCUT2D eigenvalue weighted by molar-refractivity contribution is 14.0. The van der Waals surface area contributed by atoms with Gasteiger partial charge in [0.15, 0.2) is 5.96 Å². The third kappa shape index (κ3) is 6.29. The van der Waals surface area contributed by atoms with Crippen LogP contribution in [0.15, 0.2) is 35.6 Å². The van der Waals surface area contributed by atoms with Crippen molar-refractivity contribution in [3.05, 3.63) is 47.0 Å². The second kappa shape index (κ2) is 11.7. The van der Waals surface area contributed by atoms with Crippen LogP contribution in [-0.4, -0.2) is 54.1 Å². The number of aryl methyl sites for hydroxylation is 1. The van der Waals surface area contributed by atoms with Crippen LogP contribution in [0, 0.1) is 0 Å². The molecule has 0 radical (unpaired) electrons. The van der Waals surface area contributed by atoms with Crippen molar-refractivity contribution in [2.45, 2.75) is 38.1 Å². The van der Waals surface area contributed by atoms with Crippen molar-refractivity contribution in [3.63, 3.8) is 0 Å². The number of aromatic nitrogens is 3. The zero-order chi connectivity index (χ0) is 19.8. The van der Waals surface area contributed by atoms with Crippen molar-refractivity contribution in [1.82, 2.24) is 25.4 Å². The maximum atomic E-state index is 6.26. The van der Waals surface area contributed by atoms with Gasteiger partial charge in [0, 0.05) is 56.8 Å². The van der Waals surface area contributed by atoms with Gasteiger partial charge in [-0.2, -0.15) is 0 Å². The average Bonchev–Trinajstić information content (AvgIpc) is 3.18. The Morgan fingerprint density at radius 2 is 2.10 bits per heavy atom. The monoisotopic (exact) mass is 532 g/mol. The van der Waals surface area contributed by atoms with Crippen LogP contribution in [0.25, 0.3) is 0 Å². The number of rotatable bonds is 7. The second-order valence-electron chi connectivity index (χ2n) is 7.05. The maximum Gasteiger partial charge on any atom is 0.191 e. The van der Waals surface area contributed by atoms with Crippen molar-refractivity contribution in [2.75, 3.05) is 33.4 Å². The van der Waals surface area contributed by atoms with Crippen molar-refractivity contribution < 1.29 is 4.74 Å². The van der Waals surface area contributed by atoms with Gasteiger partial charge in [0.1, 0.15) is 12.2 Å². The first kappa shape index (κ1) is 23.9. The van der Waals surface area contributed by atoms with E-state index in [4.69, 9.17) is 16.3 Å². The van der Waals surface area contributed by atoms with E-state index >= 15 is 0 Å². The Kier molecular flexibility index (Phi) is 9.64. The molecule has 0 amide bonds. The molecule has 0 unspecified atom stereocenters. The van der Waals surface area contributed by atoms with Gasteiger partial charge >= 0.3 is 0 Å². The van der Waals surface area contributed by atoms with E-state index in [0.29, 0.717) is 0 Å². The molecule has 2 heterocycles. The van der Waals surface area contributed by atoms with Crippen molar-refractivity contribution in [3.8, 4) is 0 Å². The minimum atomic E-state index is -0.00951. The van der Waals surface area contributed by atoms with E-state index < -0.39 is 0 Å².